The van der Waals surface area contributed by atoms with Gasteiger partial charge in [-0.2, -0.15) is 0 Å². The van der Waals surface area contributed by atoms with Crippen molar-refractivity contribution in [1.82, 2.24) is 49.0 Å². The van der Waals surface area contributed by atoms with Crippen LogP contribution in [0, 0.1) is 44.1 Å². The molecule has 0 radical (unpaired) electrons. The van der Waals surface area contributed by atoms with Crippen LogP contribution in [0.25, 0.3) is 49.7 Å². The molecule has 8 rings (SSSR count). The van der Waals surface area contributed by atoms with Gasteiger partial charge in [0, 0.05) is 30.5 Å². The Balaban J connectivity index is 0.000000185. The van der Waals surface area contributed by atoms with Crippen molar-refractivity contribution in [2.75, 3.05) is 0 Å². The first-order chi connectivity index (χ1) is 22.0. The molecule has 15 heteroatoms. The van der Waals surface area contributed by atoms with Crippen LogP contribution in [0.2, 0.25) is 5.15 Å². The van der Waals surface area contributed by atoms with Gasteiger partial charge in [-0.15, -0.1) is 4.98 Å². The minimum absolute atomic E-state index is 0. The van der Waals surface area contributed by atoms with E-state index in [2.05, 4.69) is 43.9 Å². The first kappa shape index (κ1) is 33.7. The fraction of sp³-hybridized carbons (Fsp3) is 0.258. The number of halogens is 1. The van der Waals surface area contributed by atoms with E-state index in [-0.39, 0.29) is 19.5 Å². The molecule has 0 atom stereocenters. The summed E-state index contributed by atoms with van der Waals surface area (Å²) >= 11 is 6.03. The van der Waals surface area contributed by atoms with E-state index in [0.29, 0.717) is 23.1 Å². The number of pyridine rings is 2. The Kier molecular flexibility index (Phi) is 10.8. The van der Waals surface area contributed by atoms with Crippen molar-refractivity contribution in [1.29, 1.82) is 10.5 Å². The van der Waals surface area contributed by atoms with Crippen molar-refractivity contribution in [2.45, 2.75) is 51.6 Å². The van der Waals surface area contributed by atoms with Gasteiger partial charge in [-0.05, 0) is 45.6 Å². The number of imidazole rings is 2. The van der Waals surface area contributed by atoms with Crippen LogP contribution in [0.15, 0.2) is 49.6 Å². The Bertz CT molecular complexity index is 2080. The Morgan fingerprint density at radius 1 is 0.717 bits per heavy atom. The standard InChI is InChI=1S/C15H12N6.C14H12ClN5.2CN.Zn/c1-9-11(6-17-8-19-9)15-20-12-7-18-14(16-2)5-13(12)21(15)10-3-4-10;1-8-10(5-16-7-18-8)14-19-11-6-17-13(15)4-12(11)20(14)9-2-3-9;2*1-2;/h5-8,10H,3-4H2,1H3;4-7,9H,2-3H2,1H3;;;/q;;2*-1;+2. The number of hydrogen-bond acceptors (Lipinski definition) is 10. The van der Waals surface area contributed by atoms with Crippen LogP contribution in [0.4, 0.5) is 5.82 Å². The number of hydrogen-bond donors (Lipinski definition) is 0. The molecule has 2 aliphatic rings. The molecule has 0 bridgehead atoms. The second kappa shape index (κ2) is 14.7. The SMILES string of the molecule is Cc1ncncc1-c1nc2cnc(Cl)cc2n1C1CC1.[C-]#N.[C-]#N.[C-]#[N+]c1cc2c(cn1)nc(-c1cncnc1C)n2C1CC1.[Zn+2]. The van der Waals surface area contributed by atoms with Gasteiger partial charge < -0.3 is 37.6 Å². The zero-order valence-corrected chi connectivity index (χ0v) is 28.7. The summed E-state index contributed by atoms with van der Waals surface area (Å²) in [5.74, 6) is 2.18. The first-order valence-electron chi connectivity index (χ1n) is 13.8. The van der Waals surface area contributed by atoms with E-state index in [1.54, 1.807) is 31.2 Å². The monoisotopic (exact) mass is 677 g/mol. The quantitative estimate of drug-likeness (QED) is 0.115. The van der Waals surface area contributed by atoms with Crippen LogP contribution in [0.1, 0.15) is 49.2 Å². The molecule has 2 fully saturated rings. The maximum Gasteiger partial charge on any atom is 2.00 e. The van der Waals surface area contributed by atoms with Crippen LogP contribution >= 0.6 is 11.6 Å². The normalized spacial score (nSPS) is 13.1. The minimum atomic E-state index is 0. The van der Waals surface area contributed by atoms with E-state index in [1.807, 2.05) is 32.2 Å². The topological polar surface area (TPSA) is 165 Å². The first-order valence-corrected chi connectivity index (χ1v) is 14.2. The van der Waals surface area contributed by atoms with E-state index in [0.717, 1.165) is 69.1 Å². The molecule has 0 unspecified atom stereocenters. The van der Waals surface area contributed by atoms with E-state index in [4.69, 9.17) is 51.8 Å². The van der Waals surface area contributed by atoms with E-state index in [9.17, 15) is 0 Å². The summed E-state index contributed by atoms with van der Waals surface area (Å²) in [6.07, 6.45) is 14.7. The second-order valence-electron chi connectivity index (χ2n) is 10.3. The van der Waals surface area contributed by atoms with Gasteiger partial charge in [0.25, 0.3) is 5.82 Å². The van der Waals surface area contributed by atoms with Crippen molar-refractivity contribution in [2.24, 2.45) is 0 Å². The van der Waals surface area contributed by atoms with Crippen LogP contribution in [-0.2, 0) is 19.5 Å². The molecule has 222 valence electrons. The number of aryl methyl sites for hydroxylation is 2. The molecule has 0 amide bonds. The Morgan fingerprint density at radius 2 is 1.17 bits per heavy atom. The Hall–Kier alpha value is -5.22. The smallest absolute Gasteiger partial charge is 0.512 e. The second-order valence-corrected chi connectivity index (χ2v) is 10.6. The molecule has 0 aliphatic heterocycles. The van der Waals surface area contributed by atoms with Gasteiger partial charge in [-0.25, -0.2) is 34.9 Å². The number of rotatable bonds is 4. The average molecular weight is 679 g/mol. The minimum Gasteiger partial charge on any atom is -0.512 e. The molecule has 0 N–H and O–H groups in total. The fourth-order valence-electron chi connectivity index (χ4n) is 5.03. The predicted molar refractivity (Wildman–Crippen MR) is 164 cm³/mol. The molecule has 13 nitrogen and oxygen atoms in total. The molecule has 0 aromatic carbocycles. The van der Waals surface area contributed by atoms with Gasteiger partial charge in [-0.1, -0.05) is 18.2 Å². The van der Waals surface area contributed by atoms with Gasteiger partial charge in [-0.3, -0.25) is 0 Å². The van der Waals surface area contributed by atoms with Gasteiger partial charge in [0.2, 0.25) is 0 Å². The van der Waals surface area contributed by atoms with Crippen molar-refractivity contribution < 1.29 is 19.5 Å². The molecular formula is C31H24ClN13Zn. The van der Waals surface area contributed by atoms with Crippen molar-refractivity contribution in [3.63, 3.8) is 0 Å². The molecule has 6 aromatic heterocycles. The van der Waals surface area contributed by atoms with Crippen molar-refractivity contribution in [3.05, 3.63) is 90.7 Å². The number of nitrogens with zero attached hydrogens (tertiary/aromatic N) is 13. The number of fused-ring (bicyclic) bond motifs is 2. The zero-order chi connectivity index (χ0) is 32.1. The van der Waals surface area contributed by atoms with Crippen LogP contribution in [-0.4, -0.2) is 49.0 Å². The molecule has 46 heavy (non-hydrogen) atoms. The summed E-state index contributed by atoms with van der Waals surface area (Å²) in [5, 5.41) is 13.0. The van der Waals surface area contributed by atoms with E-state index >= 15 is 0 Å². The maximum absolute atomic E-state index is 7.13. The third-order valence-corrected chi connectivity index (χ3v) is 7.55. The Morgan fingerprint density at radius 3 is 1.61 bits per heavy atom. The number of aromatic nitrogens is 10. The molecule has 0 saturated heterocycles. The molecule has 6 heterocycles. The summed E-state index contributed by atoms with van der Waals surface area (Å²) in [7, 11) is 0. The summed E-state index contributed by atoms with van der Waals surface area (Å²) in [6.45, 7) is 20.6. The largest absolute Gasteiger partial charge is 2.00 e. The summed E-state index contributed by atoms with van der Waals surface area (Å²) < 4.78 is 4.45. The average Bonchev–Trinajstić information content (AvgIpc) is 4.02. The van der Waals surface area contributed by atoms with Gasteiger partial charge in [0.05, 0.1) is 39.7 Å². The van der Waals surface area contributed by atoms with Crippen molar-refractivity contribution in [3.8, 4) is 22.8 Å². The third-order valence-electron chi connectivity index (χ3n) is 7.35. The molecule has 2 aliphatic carbocycles. The van der Waals surface area contributed by atoms with E-state index in [1.165, 1.54) is 12.8 Å². The van der Waals surface area contributed by atoms with Gasteiger partial charge in [0.15, 0.2) is 0 Å². The van der Waals surface area contributed by atoms with Gasteiger partial charge in [0.1, 0.15) is 46.7 Å². The van der Waals surface area contributed by atoms with Crippen LogP contribution in [0.5, 0.6) is 0 Å². The summed E-state index contributed by atoms with van der Waals surface area (Å²) in [6, 6.07) is 4.64. The molecule has 6 aromatic rings. The van der Waals surface area contributed by atoms with Crippen molar-refractivity contribution >= 4 is 39.5 Å². The van der Waals surface area contributed by atoms with E-state index < -0.39 is 0 Å². The zero-order valence-electron chi connectivity index (χ0n) is 25.0. The summed E-state index contributed by atoms with van der Waals surface area (Å²) in [5.41, 5.74) is 7.41. The molecule has 0 spiro atoms. The predicted octanol–water partition coefficient (Wildman–Crippen LogP) is 6.46. The summed E-state index contributed by atoms with van der Waals surface area (Å²) in [4.78, 5) is 37.8. The maximum atomic E-state index is 7.13. The fourth-order valence-corrected chi connectivity index (χ4v) is 5.18. The molecule has 2 saturated carbocycles. The van der Waals surface area contributed by atoms with Crippen LogP contribution in [0.3, 0.4) is 0 Å². The van der Waals surface area contributed by atoms with Gasteiger partial charge >= 0.3 is 19.5 Å². The van der Waals surface area contributed by atoms with Crippen LogP contribution < -0.4 is 0 Å². The molecular weight excluding hydrogens is 655 g/mol. The third kappa shape index (κ3) is 6.72. The Labute approximate surface area is 282 Å².